The number of benzene rings is 1. The summed E-state index contributed by atoms with van der Waals surface area (Å²) in [5.41, 5.74) is 0.875. The zero-order valence-electron chi connectivity index (χ0n) is 19.3. The van der Waals surface area contributed by atoms with Crippen LogP contribution in [0.15, 0.2) is 46.0 Å². The van der Waals surface area contributed by atoms with Crippen LogP contribution >= 0.6 is 11.3 Å². The Balaban J connectivity index is 1.60. The van der Waals surface area contributed by atoms with Crippen LogP contribution in [-0.4, -0.2) is 80.0 Å². The molecule has 1 amide bonds. The Bertz CT molecular complexity index is 1060. The van der Waals surface area contributed by atoms with Crippen molar-refractivity contribution in [1.82, 2.24) is 14.5 Å². The summed E-state index contributed by atoms with van der Waals surface area (Å²) in [5.74, 6) is -0.00643. The summed E-state index contributed by atoms with van der Waals surface area (Å²) >= 11 is 1.23. The van der Waals surface area contributed by atoms with Crippen molar-refractivity contribution < 1.29 is 18.3 Å². The van der Waals surface area contributed by atoms with E-state index < -0.39 is 15.6 Å². The number of hydrogen-bond donors (Lipinski definition) is 2. The molecular formula is C23H32N4O4S2. The minimum Gasteiger partial charge on any atom is -0.386 e. The molecule has 4 rings (SSSR count). The zero-order chi connectivity index (χ0) is 23.8. The first-order valence-electron chi connectivity index (χ1n) is 11.2. The zero-order valence-corrected chi connectivity index (χ0v) is 20.9. The highest BCUT2D eigenvalue weighted by atomic mass is 32.2. The average Bonchev–Trinajstić information content (AvgIpc) is 3.32. The van der Waals surface area contributed by atoms with Gasteiger partial charge in [-0.3, -0.25) is 9.69 Å². The van der Waals surface area contributed by atoms with Gasteiger partial charge in [-0.1, -0.05) is 18.2 Å². The Labute approximate surface area is 199 Å². The Kier molecular flexibility index (Phi) is 6.84. The first-order valence-corrected chi connectivity index (χ1v) is 13.5. The molecule has 0 radical (unpaired) electrons. The van der Waals surface area contributed by atoms with Gasteiger partial charge in [0.2, 0.25) is 5.91 Å². The fourth-order valence-electron chi connectivity index (χ4n) is 4.44. The highest BCUT2D eigenvalue weighted by Crippen LogP contribution is 2.29. The monoisotopic (exact) mass is 492 g/mol. The number of hydrogen-bond acceptors (Lipinski definition) is 7. The summed E-state index contributed by atoms with van der Waals surface area (Å²) in [6.07, 6.45) is 0. The smallest absolute Gasteiger partial charge is 0.252 e. The predicted molar refractivity (Wildman–Crippen MR) is 130 cm³/mol. The molecule has 0 saturated carbocycles. The molecule has 2 saturated heterocycles. The Morgan fingerprint density at radius 1 is 1.18 bits per heavy atom. The third-order valence-electron chi connectivity index (χ3n) is 6.45. The molecule has 10 heteroatoms. The van der Waals surface area contributed by atoms with Gasteiger partial charge in [-0.05, 0) is 49.9 Å². The number of carbonyl (C=O) groups is 1. The van der Waals surface area contributed by atoms with Crippen LogP contribution in [0, 0.1) is 0 Å². The molecule has 2 atom stereocenters. The van der Waals surface area contributed by atoms with E-state index in [1.807, 2.05) is 24.3 Å². The summed E-state index contributed by atoms with van der Waals surface area (Å²) in [5, 5.41) is 15.0. The molecule has 1 aromatic heterocycles. The largest absolute Gasteiger partial charge is 0.386 e. The highest BCUT2D eigenvalue weighted by Gasteiger charge is 2.37. The highest BCUT2D eigenvalue weighted by molar-refractivity contribution is 7.91. The van der Waals surface area contributed by atoms with Crippen LogP contribution in [0.5, 0.6) is 0 Å². The van der Waals surface area contributed by atoms with Gasteiger partial charge in [0.15, 0.2) is 0 Å². The normalized spacial score (nSPS) is 23.5. The van der Waals surface area contributed by atoms with Crippen molar-refractivity contribution in [2.24, 2.45) is 0 Å². The molecule has 3 heterocycles. The number of sulfonamides is 1. The number of nitrogens with zero attached hydrogens (tertiary/aromatic N) is 3. The summed E-state index contributed by atoms with van der Waals surface area (Å²) in [6, 6.07) is 11.3. The van der Waals surface area contributed by atoms with Gasteiger partial charge in [0, 0.05) is 44.5 Å². The van der Waals surface area contributed by atoms with Crippen molar-refractivity contribution in [2.75, 3.05) is 44.2 Å². The van der Waals surface area contributed by atoms with Gasteiger partial charge >= 0.3 is 0 Å². The Hall–Kier alpha value is -1.98. The van der Waals surface area contributed by atoms with E-state index in [-0.39, 0.29) is 18.0 Å². The lowest BCUT2D eigenvalue weighted by atomic mass is 9.98. The lowest BCUT2D eigenvalue weighted by Gasteiger charge is -2.45. The Morgan fingerprint density at radius 3 is 2.55 bits per heavy atom. The van der Waals surface area contributed by atoms with Gasteiger partial charge < -0.3 is 15.3 Å². The minimum absolute atomic E-state index is 0.00643. The molecular weight excluding hydrogens is 460 g/mol. The lowest BCUT2D eigenvalue weighted by Crippen LogP contribution is -2.62. The van der Waals surface area contributed by atoms with Crippen LogP contribution in [0.2, 0.25) is 0 Å². The van der Waals surface area contributed by atoms with Crippen LogP contribution in [-0.2, 0) is 20.4 Å². The molecule has 2 aliphatic heterocycles. The van der Waals surface area contributed by atoms with Crippen molar-refractivity contribution in [2.45, 2.75) is 42.7 Å². The van der Waals surface area contributed by atoms with Gasteiger partial charge in [-0.25, -0.2) is 8.42 Å². The molecule has 2 N–H and O–H groups in total. The predicted octanol–water partition coefficient (Wildman–Crippen LogP) is 1.68. The number of thiophene rings is 1. The minimum atomic E-state index is -3.55. The number of aliphatic hydroxyl groups is 1. The van der Waals surface area contributed by atoms with E-state index in [4.69, 9.17) is 0 Å². The van der Waals surface area contributed by atoms with Crippen molar-refractivity contribution in [3.63, 3.8) is 0 Å². The SMILES string of the molecule is C[C@H]1CNC(=O)CN1C[C@H]1CN(S(=O)(=O)c2cccs2)CCN1c1ccc(C(C)(C)O)cc1. The lowest BCUT2D eigenvalue weighted by molar-refractivity contribution is -0.125. The van der Waals surface area contributed by atoms with E-state index in [0.717, 1.165) is 11.3 Å². The molecule has 0 aliphatic carbocycles. The quantitative estimate of drug-likeness (QED) is 0.637. The molecule has 2 aliphatic rings. The van der Waals surface area contributed by atoms with Gasteiger partial charge in [-0.15, -0.1) is 11.3 Å². The molecule has 180 valence electrons. The molecule has 2 fully saturated rings. The van der Waals surface area contributed by atoms with Crippen molar-refractivity contribution in [1.29, 1.82) is 0 Å². The number of rotatable bonds is 6. The van der Waals surface area contributed by atoms with Gasteiger partial charge in [0.05, 0.1) is 18.2 Å². The van der Waals surface area contributed by atoms with Gasteiger partial charge in [0.1, 0.15) is 4.21 Å². The molecule has 0 unspecified atom stereocenters. The van der Waals surface area contributed by atoms with E-state index in [1.165, 1.54) is 11.3 Å². The second-order valence-corrected chi connectivity index (χ2v) is 12.4. The van der Waals surface area contributed by atoms with Crippen molar-refractivity contribution in [3.8, 4) is 0 Å². The second kappa shape index (κ2) is 9.34. The first kappa shape index (κ1) is 24.2. The van der Waals surface area contributed by atoms with E-state index >= 15 is 0 Å². The molecule has 1 aromatic carbocycles. The topological polar surface area (TPSA) is 93.2 Å². The van der Waals surface area contributed by atoms with Gasteiger partial charge in [0.25, 0.3) is 10.0 Å². The molecule has 0 spiro atoms. The maximum atomic E-state index is 13.2. The van der Waals surface area contributed by atoms with Crippen LogP contribution in [0.1, 0.15) is 26.3 Å². The van der Waals surface area contributed by atoms with Crippen molar-refractivity contribution in [3.05, 3.63) is 47.3 Å². The molecule has 33 heavy (non-hydrogen) atoms. The number of anilines is 1. The molecule has 2 aromatic rings. The van der Waals surface area contributed by atoms with Crippen LogP contribution in [0.25, 0.3) is 0 Å². The summed E-state index contributed by atoms with van der Waals surface area (Å²) in [4.78, 5) is 16.4. The van der Waals surface area contributed by atoms with E-state index in [0.29, 0.717) is 43.5 Å². The van der Waals surface area contributed by atoms with E-state index in [2.05, 4.69) is 22.0 Å². The molecule has 0 bridgehead atoms. The van der Waals surface area contributed by atoms with Crippen LogP contribution < -0.4 is 10.2 Å². The first-order chi connectivity index (χ1) is 15.6. The van der Waals surface area contributed by atoms with Crippen LogP contribution in [0.3, 0.4) is 0 Å². The number of piperazine rings is 2. The van der Waals surface area contributed by atoms with Crippen LogP contribution in [0.4, 0.5) is 5.69 Å². The average molecular weight is 493 g/mol. The van der Waals surface area contributed by atoms with E-state index in [1.54, 1.807) is 35.7 Å². The molecule has 8 nitrogen and oxygen atoms in total. The summed E-state index contributed by atoms with van der Waals surface area (Å²) in [6.45, 7) is 8.33. The Morgan fingerprint density at radius 2 is 1.91 bits per heavy atom. The fraction of sp³-hybridized carbons (Fsp3) is 0.522. The van der Waals surface area contributed by atoms with E-state index in [9.17, 15) is 18.3 Å². The summed E-state index contributed by atoms with van der Waals surface area (Å²) < 4.78 is 28.4. The summed E-state index contributed by atoms with van der Waals surface area (Å²) in [7, 11) is -3.55. The third-order valence-corrected chi connectivity index (χ3v) is 9.69. The maximum absolute atomic E-state index is 13.2. The van der Waals surface area contributed by atoms with Crippen molar-refractivity contribution >= 4 is 33.0 Å². The number of nitrogens with one attached hydrogen (secondary N) is 1. The third kappa shape index (κ3) is 5.25. The standard InChI is InChI=1S/C23H32N4O4S2/c1-17-13-24-21(28)16-25(17)14-20-15-26(33(30,31)22-5-4-12-32-22)10-11-27(20)19-8-6-18(7-9-19)23(2,3)29/h4-9,12,17,20,29H,10-11,13-16H2,1-3H3,(H,24,28)/t17-,20-/m0/s1. The fourth-order valence-corrected chi connectivity index (χ4v) is 7.05. The number of carbonyl (C=O) groups excluding carboxylic acids is 1. The second-order valence-electron chi connectivity index (χ2n) is 9.33. The van der Waals surface area contributed by atoms with Gasteiger partial charge in [-0.2, -0.15) is 4.31 Å². The maximum Gasteiger partial charge on any atom is 0.252 e. The number of amides is 1.